The fourth-order valence-corrected chi connectivity index (χ4v) is 3.69. The van der Waals surface area contributed by atoms with Crippen LogP contribution in [0.25, 0.3) is 15.4 Å². The second-order valence-corrected chi connectivity index (χ2v) is 9.44. The lowest BCUT2D eigenvalue weighted by atomic mass is 10.2. The zero-order chi connectivity index (χ0) is 29.9. The lowest BCUT2D eigenvalue weighted by Crippen LogP contribution is -2.42. The lowest BCUT2D eigenvalue weighted by molar-refractivity contribution is -0.145. The van der Waals surface area contributed by atoms with E-state index in [-0.39, 0.29) is 17.0 Å². The molecule has 16 heteroatoms. The van der Waals surface area contributed by atoms with E-state index in [4.69, 9.17) is 37.5 Å². The highest BCUT2D eigenvalue weighted by atomic mass is 32.1. The van der Waals surface area contributed by atoms with E-state index >= 15 is 0 Å². The van der Waals surface area contributed by atoms with Crippen LogP contribution in [0.15, 0.2) is 18.2 Å². The van der Waals surface area contributed by atoms with E-state index in [1.165, 1.54) is 0 Å². The molecule has 0 saturated carbocycles. The molecule has 2 atom stereocenters. The van der Waals surface area contributed by atoms with Gasteiger partial charge in [-0.25, -0.2) is 14.6 Å². The van der Waals surface area contributed by atoms with E-state index in [9.17, 15) is 24.0 Å². The van der Waals surface area contributed by atoms with Gasteiger partial charge >= 0.3 is 23.9 Å². The van der Waals surface area contributed by atoms with Crippen molar-refractivity contribution in [2.45, 2.75) is 53.1 Å². The normalized spacial score (nSPS) is 11.2. The molecule has 41 heavy (non-hydrogen) atoms. The second-order valence-electron chi connectivity index (χ2n) is 8.44. The van der Waals surface area contributed by atoms with Gasteiger partial charge in [0.05, 0.1) is 31.7 Å². The molecule has 226 valence electrons. The maximum Gasteiger partial charge on any atom is 0.326 e. The number of carboxylic acid groups (broad SMARTS) is 4. The molecule has 0 saturated heterocycles. The highest BCUT2D eigenvalue weighted by molar-refractivity contribution is 7.17. The van der Waals surface area contributed by atoms with Crippen LogP contribution in [0.2, 0.25) is 0 Å². The molecule has 0 aliphatic rings. The fraction of sp³-hybridized carbons (Fsp3) is 0.400. The summed E-state index contributed by atoms with van der Waals surface area (Å²) in [6.07, 6.45) is -1.27. The number of hydrogen-bond donors (Lipinski definition) is 6. The number of nitrogens with one attached hydrogen (secondary N) is 1. The van der Waals surface area contributed by atoms with Crippen molar-refractivity contribution in [2.75, 3.05) is 6.61 Å². The standard InChI is InChI=1S/C20H21N3O6S.C4H7NO4.CH4.FH/c1-10(2)9-29-15-6-5-12(7-13(15)21-4)19-22-11(3)17(30-19)18(26)23-14(20(27)28)8-16(24)25;5-2(4(8)9)1-3(6)7;;/h5-7,10,14H,8-9H2,1-3H3,(H,23,26)(H,24,25)(H,27,28);2H,1,5H2,(H,6,7)(H,8,9);1H4;1H. The number of nitrogens with two attached hydrogens (primary N) is 1. The molecule has 0 aliphatic carbocycles. The van der Waals surface area contributed by atoms with Gasteiger partial charge in [0.2, 0.25) is 5.69 Å². The van der Waals surface area contributed by atoms with Crippen LogP contribution in [-0.4, -0.2) is 73.9 Å². The summed E-state index contributed by atoms with van der Waals surface area (Å²) < 4.78 is 5.65. The maximum absolute atomic E-state index is 12.5. The fourth-order valence-electron chi connectivity index (χ4n) is 2.72. The number of carbonyl (C=O) groups excluding carboxylic acids is 1. The van der Waals surface area contributed by atoms with Crippen molar-refractivity contribution in [1.29, 1.82) is 0 Å². The SMILES string of the molecule is C.F.NC(CC(=O)O)C(=O)O.[C-]#[N+]c1cc(-c2nc(C)c(C(=O)NC(CC(=O)O)C(=O)O)s2)ccc1OCC(C)C. The number of benzene rings is 1. The van der Waals surface area contributed by atoms with Gasteiger partial charge in [-0.15, -0.1) is 11.3 Å². The Morgan fingerprint density at radius 2 is 1.66 bits per heavy atom. The molecule has 2 unspecified atom stereocenters. The Labute approximate surface area is 239 Å². The minimum Gasteiger partial charge on any atom is -0.504 e. The van der Waals surface area contributed by atoms with Gasteiger partial charge in [-0.2, -0.15) is 0 Å². The van der Waals surface area contributed by atoms with Crippen molar-refractivity contribution in [1.82, 2.24) is 10.3 Å². The van der Waals surface area contributed by atoms with Gasteiger partial charge in [-0.3, -0.25) is 23.9 Å². The van der Waals surface area contributed by atoms with E-state index in [0.29, 0.717) is 40.2 Å². The summed E-state index contributed by atoms with van der Waals surface area (Å²) in [5.41, 5.74) is 6.14. The zero-order valence-electron chi connectivity index (χ0n) is 21.6. The number of aliphatic carboxylic acids is 4. The van der Waals surface area contributed by atoms with E-state index in [1.807, 2.05) is 13.8 Å². The molecule has 0 spiro atoms. The molecule has 1 aromatic carbocycles. The average molecular weight is 601 g/mol. The number of carbonyl (C=O) groups is 5. The number of nitrogens with zero attached hydrogens (tertiary/aromatic N) is 2. The largest absolute Gasteiger partial charge is 0.504 e. The van der Waals surface area contributed by atoms with Crippen LogP contribution in [0, 0.1) is 19.4 Å². The Kier molecular flexibility index (Phi) is 16.8. The van der Waals surface area contributed by atoms with Gasteiger partial charge < -0.3 is 36.2 Å². The van der Waals surface area contributed by atoms with Crippen LogP contribution in [0.1, 0.15) is 49.5 Å². The van der Waals surface area contributed by atoms with Crippen LogP contribution in [0.4, 0.5) is 10.4 Å². The summed E-state index contributed by atoms with van der Waals surface area (Å²) in [6, 6.07) is 2.19. The van der Waals surface area contributed by atoms with Crippen LogP contribution < -0.4 is 15.8 Å². The zero-order valence-corrected chi connectivity index (χ0v) is 22.4. The van der Waals surface area contributed by atoms with Crippen molar-refractivity contribution in [3.8, 4) is 16.3 Å². The third-order valence-corrected chi connectivity index (χ3v) is 5.80. The second kappa shape index (κ2) is 17.9. The van der Waals surface area contributed by atoms with Gasteiger partial charge in [0.1, 0.15) is 27.7 Å². The minimum atomic E-state index is -1.55. The van der Waals surface area contributed by atoms with Crippen molar-refractivity contribution in [2.24, 2.45) is 11.7 Å². The molecule has 0 fully saturated rings. The predicted molar refractivity (Wildman–Crippen MR) is 147 cm³/mol. The molecule has 14 nitrogen and oxygen atoms in total. The first kappa shape index (κ1) is 38.5. The van der Waals surface area contributed by atoms with Crippen LogP contribution >= 0.6 is 11.3 Å². The highest BCUT2D eigenvalue weighted by Crippen LogP contribution is 2.35. The number of rotatable bonds is 12. The smallest absolute Gasteiger partial charge is 0.326 e. The molecular weight excluding hydrogens is 567 g/mol. The van der Waals surface area contributed by atoms with E-state index in [2.05, 4.69) is 15.1 Å². The topological polar surface area (TPSA) is 231 Å². The molecule has 1 amide bonds. The molecule has 0 aliphatic heterocycles. The Bertz CT molecular complexity index is 1280. The van der Waals surface area contributed by atoms with Crippen LogP contribution in [0.5, 0.6) is 5.75 Å². The van der Waals surface area contributed by atoms with E-state index in [1.54, 1.807) is 25.1 Å². The predicted octanol–water partition coefficient (Wildman–Crippen LogP) is 3.02. The summed E-state index contributed by atoms with van der Waals surface area (Å²) in [5.74, 6) is -5.22. The molecule has 1 heterocycles. The molecule has 7 N–H and O–H groups in total. The minimum absolute atomic E-state index is 0. The van der Waals surface area contributed by atoms with Crippen molar-refractivity contribution < 1.29 is 53.8 Å². The van der Waals surface area contributed by atoms with Crippen molar-refractivity contribution in [3.63, 3.8) is 0 Å². The number of aryl methyl sites for hydroxylation is 1. The summed E-state index contributed by atoms with van der Waals surface area (Å²) in [7, 11) is 0. The molecule has 0 radical (unpaired) electrons. The first-order chi connectivity index (χ1) is 18.2. The Balaban J connectivity index is 0. The number of ether oxygens (including phenoxy) is 1. The third-order valence-electron chi connectivity index (χ3n) is 4.60. The number of hydrogen-bond acceptors (Lipinski definition) is 9. The first-order valence-electron chi connectivity index (χ1n) is 11.2. The molecule has 1 aromatic heterocycles. The quantitative estimate of drug-likeness (QED) is 0.193. The number of halogens is 1. The first-order valence-corrected chi connectivity index (χ1v) is 12.1. The summed E-state index contributed by atoms with van der Waals surface area (Å²) in [5, 5.41) is 36.6. The summed E-state index contributed by atoms with van der Waals surface area (Å²) in [6.45, 7) is 13.5. The van der Waals surface area contributed by atoms with Gasteiger partial charge in [0.15, 0.2) is 0 Å². The Morgan fingerprint density at radius 3 is 2.10 bits per heavy atom. The number of amides is 1. The van der Waals surface area contributed by atoms with Gasteiger partial charge in [0, 0.05) is 5.56 Å². The third kappa shape index (κ3) is 12.9. The summed E-state index contributed by atoms with van der Waals surface area (Å²) in [4.78, 5) is 62.1. The Morgan fingerprint density at radius 1 is 1.07 bits per heavy atom. The average Bonchev–Trinajstić information content (AvgIpc) is 3.23. The molecule has 0 bridgehead atoms. The number of thiazole rings is 1. The van der Waals surface area contributed by atoms with Gasteiger partial charge in [-0.05, 0) is 25.0 Å². The Hall–Kier alpha value is -4.62. The lowest BCUT2D eigenvalue weighted by Gasteiger charge is -2.11. The van der Waals surface area contributed by atoms with Crippen molar-refractivity contribution >= 4 is 46.8 Å². The molecular formula is C25H33FN4O10S. The summed E-state index contributed by atoms with van der Waals surface area (Å²) >= 11 is 1.03. The van der Waals surface area contributed by atoms with Crippen LogP contribution in [0.3, 0.4) is 0 Å². The van der Waals surface area contributed by atoms with Crippen molar-refractivity contribution in [3.05, 3.63) is 40.2 Å². The number of carboxylic acids is 4. The van der Waals surface area contributed by atoms with E-state index in [0.717, 1.165) is 11.3 Å². The van der Waals surface area contributed by atoms with Crippen LogP contribution in [-0.2, 0) is 19.2 Å². The molecule has 2 rings (SSSR count). The van der Waals surface area contributed by atoms with Gasteiger partial charge in [0.25, 0.3) is 5.91 Å². The monoisotopic (exact) mass is 600 g/mol. The highest BCUT2D eigenvalue weighted by Gasteiger charge is 2.26. The van der Waals surface area contributed by atoms with Gasteiger partial charge in [-0.1, -0.05) is 27.3 Å². The van der Waals surface area contributed by atoms with E-state index < -0.39 is 54.7 Å². The molecule has 2 aromatic rings. The maximum atomic E-state index is 12.5. The number of aromatic nitrogens is 1.